The molecule has 6 heteroatoms. The van der Waals surface area contributed by atoms with E-state index >= 15 is 0 Å². The second-order valence-corrected chi connectivity index (χ2v) is 7.59. The van der Waals surface area contributed by atoms with E-state index in [1.165, 1.54) is 5.56 Å². The highest BCUT2D eigenvalue weighted by atomic mass is 16.5. The van der Waals surface area contributed by atoms with Gasteiger partial charge in [-0.1, -0.05) is 18.2 Å². The van der Waals surface area contributed by atoms with Crippen LogP contribution < -0.4 is 4.74 Å². The van der Waals surface area contributed by atoms with E-state index in [1.807, 2.05) is 28.0 Å². The summed E-state index contributed by atoms with van der Waals surface area (Å²) < 4.78 is 5.43. The molecule has 6 nitrogen and oxygen atoms in total. The molecule has 1 aromatic carbocycles. The SMILES string of the molecule is COc1ccccc1CN1CCN(C(=O)C2CC(=O)N(C3CC3)C2)CC1. The fourth-order valence-corrected chi connectivity index (χ4v) is 4.10. The molecule has 0 N–H and O–H groups in total. The van der Waals surface area contributed by atoms with Gasteiger partial charge in [-0.3, -0.25) is 14.5 Å². The van der Waals surface area contributed by atoms with Crippen molar-refractivity contribution >= 4 is 11.8 Å². The number of carbonyl (C=O) groups is 2. The zero-order valence-corrected chi connectivity index (χ0v) is 15.4. The van der Waals surface area contributed by atoms with Crippen molar-refractivity contribution in [1.29, 1.82) is 0 Å². The average Bonchev–Trinajstić information content (AvgIpc) is 3.44. The molecule has 1 aromatic rings. The Labute approximate surface area is 154 Å². The molecule has 0 radical (unpaired) electrons. The lowest BCUT2D eigenvalue weighted by Crippen LogP contribution is -2.50. The first-order valence-corrected chi connectivity index (χ1v) is 9.58. The van der Waals surface area contributed by atoms with Crippen LogP contribution in [0.25, 0.3) is 0 Å². The Hall–Kier alpha value is -2.08. The largest absolute Gasteiger partial charge is 0.496 e. The molecule has 1 saturated carbocycles. The van der Waals surface area contributed by atoms with E-state index in [-0.39, 0.29) is 17.7 Å². The number of amides is 2. The van der Waals surface area contributed by atoms with Gasteiger partial charge in [0.05, 0.1) is 13.0 Å². The number of nitrogens with zero attached hydrogens (tertiary/aromatic N) is 3. The van der Waals surface area contributed by atoms with E-state index in [4.69, 9.17) is 4.74 Å². The number of benzene rings is 1. The van der Waals surface area contributed by atoms with Gasteiger partial charge < -0.3 is 14.5 Å². The molecule has 1 atom stereocenters. The van der Waals surface area contributed by atoms with Crippen LogP contribution in [0, 0.1) is 5.92 Å². The Morgan fingerprint density at radius 3 is 2.58 bits per heavy atom. The van der Waals surface area contributed by atoms with Crippen LogP contribution in [0.2, 0.25) is 0 Å². The first-order chi connectivity index (χ1) is 12.7. The third-order valence-corrected chi connectivity index (χ3v) is 5.77. The van der Waals surface area contributed by atoms with Crippen molar-refractivity contribution in [3.8, 4) is 5.75 Å². The van der Waals surface area contributed by atoms with E-state index in [0.29, 0.717) is 19.0 Å². The lowest BCUT2D eigenvalue weighted by atomic mass is 10.1. The Morgan fingerprint density at radius 1 is 1.15 bits per heavy atom. The summed E-state index contributed by atoms with van der Waals surface area (Å²) in [6, 6.07) is 8.50. The fraction of sp³-hybridized carbons (Fsp3) is 0.600. The minimum absolute atomic E-state index is 0.135. The topological polar surface area (TPSA) is 53.1 Å². The molecule has 3 fully saturated rings. The predicted octanol–water partition coefficient (Wildman–Crippen LogP) is 1.35. The lowest BCUT2D eigenvalue weighted by molar-refractivity contribution is -0.137. The first-order valence-electron chi connectivity index (χ1n) is 9.58. The minimum atomic E-state index is -0.135. The van der Waals surface area contributed by atoms with E-state index in [2.05, 4.69) is 11.0 Å². The van der Waals surface area contributed by atoms with Gasteiger partial charge in [0.25, 0.3) is 0 Å². The van der Waals surface area contributed by atoms with Gasteiger partial charge in [0.15, 0.2) is 0 Å². The molecule has 4 rings (SSSR count). The summed E-state index contributed by atoms with van der Waals surface area (Å²) >= 11 is 0. The van der Waals surface area contributed by atoms with Gasteiger partial charge in [0, 0.05) is 57.3 Å². The van der Waals surface area contributed by atoms with Crippen LogP contribution in [-0.4, -0.2) is 72.4 Å². The Kier molecular flexibility index (Phi) is 4.85. The molecule has 2 saturated heterocycles. The molecule has 0 spiro atoms. The van der Waals surface area contributed by atoms with E-state index in [1.54, 1.807) is 7.11 Å². The maximum atomic E-state index is 12.8. The maximum absolute atomic E-state index is 12.8. The number of piperazine rings is 1. The van der Waals surface area contributed by atoms with Crippen LogP contribution in [0.1, 0.15) is 24.8 Å². The zero-order valence-electron chi connectivity index (χ0n) is 15.4. The van der Waals surface area contributed by atoms with E-state index < -0.39 is 0 Å². The molecule has 140 valence electrons. The molecule has 0 aromatic heterocycles. The summed E-state index contributed by atoms with van der Waals surface area (Å²) in [4.78, 5) is 31.2. The number of rotatable bonds is 5. The van der Waals surface area contributed by atoms with Gasteiger partial charge >= 0.3 is 0 Å². The van der Waals surface area contributed by atoms with Crippen molar-refractivity contribution in [2.45, 2.75) is 31.8 Å². The van der Waals surface area contributed by atoms with E-state index in [9.17, 15) is 9.59 Å². The minimum Gasteiger partial charge on any atom is -0.496 e. The molecule has 26 heavy (non-hydrogen) atoms. The van der Waals surface area contributed by atoms with Crippen LogP contribution in [0.4, 0.5) is 0 Å². The molecule has 2 amide bonds. The maximum Gasteiger partial charge on any atom is 0.228 e. The van der Waals surface area contributed by atoms with Crippen molar-refractivity contribution in [2.24, 2.45) is 5.92 Å². The number of hydrogen-bond acceptors (Lipinski definition) is 4. The fourth-order valence-electron chi connectivity index (χ4n) is 4.10. The van der Waals surface area contributed by atoms with Crippen molar-refractivity contribution in [2.75, 3.05) is 39.8 Å². The van der Waals surface area contributed by atoms with Crippen LogP contribution in [0.5, 0.6) is 5.75 Å². The summed E-state index contributed by atoms with van der Waals surface area (Å²) in [6.45, 7) is 4.66. The Bertz CT molecular complexity index is 681. The number of para-hydroxylation sites is 1. The third-order valence-electron chi connectivity index (χ3n) is 5.77. The zero-order chi connectivity index (χ0) is 18.1. The van der Waals surface area contributed by atoms with Gasteiger partial charge in [-0.15, -0.1) is 0 Å². The second kappa shape index (κ2) is 7.27. The Morgan fingerprint density at radius 2 is 1.88 bits per heavy atom. The highest BCUT2D eigenvalue weighted by molar-refractivity contribution is 5.89. The molecule has 1 aliphatic carbocycles. The molecular formula is C20H27N3O3. The van der Waals surface area contributed by atoms with Gasteiger partial charge in [-0.2, -0.15) is 0 Å². The summed E-state index contributed by atoms with van der Waals surface area (Å²) in [5.41, 5.74) is 1.18. The van der Waals surface area contributed by atoms with Crippen LogP contribution >= 0.6 is 0 Å². The van der Waals surface area contributed by atoms with Crippen molar-refractivity contribution in [3.63, 3.8) is 0 Å². The molecule has 2 heterocycles. The highest BCUT2D eigenvalue weighted by Crippen LogP contribution is 2.33. The van der Waals surface area contributed by atoms with Gasteiger partial charge in [0.1, 0.15) is 5.75 Å². The molecular weight excluding hydrogens is 330 g/mol. The van der Waals surface area contributed by atoms with Crippen LogP contribution in [0.15, 0.2) is 24.3 Å². The summed E-state index contributed by atoms with van der Waals surface area (Å²) in [5.74, 6) is 1.11. The van der Waals surface area contributed by atoms with Gasteiger partial charge in [0.2, 0.25) is 11.8 Å². The number of methoxy groups -OCH3 is 1. The molecule has 0 bridgehead atoms. The third kappa shape index (κ3) is 3.56. The van der Waals surface area contributed by atoms with Crippen molar-refractivity contribution < 1.29 is 14.3 Å². The summed E-state index contributed by atoms with van der Waals surface area (Å²) in [5, 5.41) is 0. The van der Waals surface area contributed by atoms with Crippen molar-refractivity contribution in [1.82, 2.24) is 14.7 Å². The summed E-state index contributed by atoms with van der Waals surface area (Å²) in [6.07, 6.45) is 2.61. The van der Waals surface area contributed by atoms with Crippen LogP contribution in [-0.2, 0) is 16.1 Å². The summed E-state index contributed by atoms with van der Waals surface area (Å²) in [7, 11) is 1.70. The smallest absolute Gasteiger partial charge is 0.228 e. The quantitative estimate of drug-likeness (QED) is 0.798. The number of ether oxygens (including phenoxy) is 1. The van der Waals surface area contributed by atoms with Gasteiger partial charge in [-0.25, -0.2) is 0 Å². The average molecular weight is 357 g/mol. The molecule has 2 aliphatic heterocycles. The standard InChI is InChI=1S/C20H27N3O3/c1-26-18-5-3-2-4-15(18)13-21-8-10-22(11-9-21)20(25)16-12-19(24)23(14-16)17-6-7-17/h2-5,16-17H,6-14H2,1H3. The first kappa shape index (κ1) is 17.3. The Balaban J connectivity index is 1.29. The van der Waals surface area contributed by atoms with Gasteiger partial charge in [-0.05, 0) is 18.9 Å². The lowest BCUT2D eigenvalue weighted by Gasteiger charge is -2.36. The second-order valence-electron chi connectivity index (χ2n) is 7.59. The number of likely N-dealkylation sites (tertiary alicyclic amines) is 1. The monoisotopic (exact) mass is 357 g/mol. The van der Waals surface area contributed by atoms with E-state index in [0.717, 1.165) is 51.3 Å². The van der Waals surface area contributed by atoms with Crippen molar-refractivity contribution in [3.05, 3.63) is 29.8 Å². The molecule has 3 aliphatic rings. The van der Waals surface area contributed by atoms with Crippen LogP contribution in [0.3, 0.4) is 0 Å². The normalized spacial score (nSPS) is 24.2. The highest BCUT2D eigenvalue weighted by Gasteiger charge is 2.43. The predicted molar refractivity (Wildman–Crippen MR) is 97.7 cm³/mol. The number of carbonyl (C=O) groups excluding carboxylic acids is 2. The number of hydrogen-bond donors (Lipinski definition) is 0. The molecule has 1 unspecified atom stereocenters.